The van der Waals surface area contributed by atoms with E-state index in [0.29, 0.717) is 22.2 Å². The van der Waals surface area contributed by atoms with E-state index in [1.807, 2.05) is 0 Å². The molecule has 18 heavy (non-hydrogen) atoms. The number of nitrogens with one attached hydrogen (secondary N) is 1. The van der Waals surface area contributed by atoms with Gasteiger partial charge in [0.2, 0.25) is 0 Å². The lowest BCUT2D eigenvalue weighted by atomic mass is 10.1. The lowest BCUT2D eigenvalue weighted by Crippen LogP contribution is -2.14. The molecular formula is C12H12N2O3S. The Morgan fingerprint density at radius 3 is 2.44 bits per heavy atom. The lowest BCUT2D eigenvalue weighted by molar-refractivity contribution is 0.102. The Hall–Kier alpha value is -2.08. The highest BCUT2D eigenvalue weighted by molar-refractivity contribution is 7.13. The number of benzene rings is 1. The molecule has 0 saturated heterocycles. The molecule has 1 aromatic carbocycles. The fourth-order valence-corrected chi connectivity index (χ4v) is 2.04. The maximum atomic E-state index is 12.2. The molecule has 6 heteroatoms. The first-order valence-corrected chi connectivity index (χ1v) is 6.06. The van der Waals surface area contributed by atoms with Crippen molar-refractivity contribution in [1.29, 1.82) is 0 Å². The number of nitrogens with zero attached hydrogens (tertiary/aromatic N) is 1. The van der Waals surface area contributed by atoms with E-state index < -0.39 is 0 Å². The number of ether oxygens (including phenoxy) is 2. The summed E-state index contributed by atoms with van der Waals surface area (Å²) in [5.41, 5.74) is 0.359. The van der Waals surface area contributed by atoms with Crippen LogP contribution in [0.4, 0.5) is 5.13 Å². The minimum atomic E-state index is -0.306. The number of rotatable bonds is 4. The van der Waals surface area contributed by atoms with Gasteiger partial charge in [-0.25, -0.2) is 4.98 Å². The third kappa shape index (κ3) is 2.43. The number of thiazole rings is 1. The number of anilines is 1. The number of aromatic nitrogens is 1. The molecule has 0 saturated carbocycles. The van der Waals surface area contributed by atoms with Crippen molar-refractivity contribution in [2.45, 2.75) is 0 Å². The molecule has 0 aliphatic heterocycles. The second kappa shape index (κ2) is 5.50. The van der Waals surface area contributed by atoms with Gasteiger partial charge in [0.25, 0.3) is 5.91 Å². The van der Waals surface area contributed by atoms with Crippen molar-refractivity contribution in [3.05, 3.63) is 35.3 Å². The SMILES string of the molecule is COc1cccc(OC)c1C(=O)Nc1nccs1. The third-order valence-corrected chi connectivity index (χ3v) is 3.00. The second-order valence-electron chi connectivity index (χ2n) is 3.33. The average Bonchev–Trinajstić information content (AvgIpc) is 2.90. The van der Waals surface area contributed by atoms with Gasteiger partial charge in [-0.3, -0.25) is 10.1 Å². The summed E-state index contributed by atoms with van der Waals surface area (Å²) in [7, 11) is 3.02. The smallest absolute Gasteiger partial charge is 0.265 e. The van der Waals surface area contributed by atoms with Crippen molar-refractivity contribution in [1.82, 2.24) is 4.98 Å². The van der Waals surface area contributed by atoms with E-state index in [9.17, 15) is 4.79 Å². The first-order valence-electron chi connectivity index (χ1n) is 5.18. The van der Waals surface area contributed by atoms with Gasteiger partial charge in [-0.15, -0.1) is 11.3 Å². The predicted octanol–water partition coefficient (Wildman–Crippen LogP) is 2.41. The zero-order valence-corrected chi connectivity index (χ0v) is 10.8. The fraction of sp³-hybridized carbons (Fsp3) is 0.167. The van der Waals surface area contributed by atoms with Gasteiger partial charge in [-0.1, -0.05) is 6.07 Å². The highest BCUT2D eigenvalue weighted by atomic mass is 32.1. The quantitative estimate of drug-likeness (QED) is 0.921. The van der Waals surface area contributed by atoms with E-state index in [1.165, 1.54) is 25.6 Å². The molecule has 2 rings (SSSR count). The molecule has 0 aliphatic rings. The van der Waals surface area contributed by atoms with Crippen LogP contribution in [-0.4, -0.2) is 25.1 Å². The summed E-state index contributed by atoms with van der Waals surface area (Å²) in [6.45, 7) is 0. The van der Waals surface area contributed by atoms with Crippen molar-refractivity contribution in [3.63, 3.8) is 0 Å². The van der Waals surface area contributed by atoms with E-state index in [2.05, 4.69) is 10.3 Å². The second-order valence-corrected chi connectivity index (χ2v) is 4.22. The van der Waals surface area contributed by atoms with Crippen LogP contribution in [0.3, 0.4) is 0 Å². The van der Waals surface area contributed by atoms with Crippen molar-refractivity contribution in [3.8, 4) is 11.5 Å². The van der Waals surface area contributed by atoms with E-state index in [0.717, 1.165) is 0 Å². The Morgan fingerprint density at radius 1 is 1.28 bits per heavy atom. The Labute approximate surface area is 108 Å². The molecule has 1 heterocycles. The van der Waals surface area contributed by atoms with Crippen molar-refractivity contribution in [2.75, 3.05) is 19.5 Å². The van der Waals surface area contributed by atoms with Gasteiger partial charge >= 0.3 is 0 Å². The fourth-order valence-electron chi connectivity index (χ4n) is 1.52. The highest BCUT2D eigenvalue weighted by Gasteiger charge is 2.18. The molecule has 2 aromatic rings. The summed E-state index contributed by atoms with van der Waals surface area (Å²) in [4.78, 5) is 16.2. The maximum absolute atomic E-state index is 12.2. The van der Waals surface area contributed by atoms with Crippen LogP contribution in [0.2, 0.25) is 0 Å². The normalized spacial score (nSPS) is 9.89. The van der Waals surface area contributed by atoms with Crippen molar-refractivity contribution < 1.29 is 14.3 Å². The highest BCUT2D eigenvalue weighted by Crippen LogP contribution is 2.29. The standard InChI is InChI=1S/C12H12N2O3S/c1-16-8-4-3-5-9(17-2)10(8)11(15)14-12-13-6-7-18-12/h3-7H,1-2H3,(H,13,14,15). The summed E-state index contributed by atoms with van der Waals surface area (Å²) in [5, 5.41) is 5.02. The molecule has 1 aromatic heterocycles. The lowest BCUT2D eigenvalue weighted by Gasteiger charge is -2.11. The molecular weight excluding hydrogens is 252 g/mol. The molecule has 0 fully saturated rings. The number of methoxy groups -OCH3 is 2. The Bertz CT molecular complexity index is 518. The Morgan fingerprint density at radius 2 is 1.94 bits per heavy atom. The average molecular weight is 264 g/mol. The van der Waals surface area contributed by atoms with Crippen molar-refractivity contribution in [2.24, 2.45) is 0 Å². The summed E-state index contributed by atoms with van der Waals surface area (Å²) < 4.78 is 10.3. The number of carbonyl (C=O) groups excluding carboxylic acids is 1. The summed E-state index contributed by atoms with van der Waals surface area (Å²) in [5.74, 6) is 0.617. The number of hydrogen-bond donors (Lipinski definition) is 1. The Kier molecular flexibility index (Phi) is 3.78. The maximum Gasteiger partial charge on any atom is 0.265 e. The van der Waals surface area contributed by atoms with E-state index in [-0.39, 0.29) is 5.91 Å². The molecule has 1 N–H and O–H groups in total. The molecule has 94 valence electrons. The predicted molar refractivity (Wildman–Crippen MR) is 69.6 cm³/mol. The van der Waals surface area contributed by atoms with E-state index in [1.54, 1.807) is 29.8 Å². The summed E-state index contributed by atoms with van der Waals surface area (Å²) in [6.07, 6.45) is 1.62. The first kappa shape index (κ1) is 12.4. The topological polar surface area (TPSA) is 60.5 Å². The van der Waals surface area contributed by atoms with Crippen LogP contribution in [0.15, 0.2) is 29.8 Å². The van der Waals surface area contributed by atoms with Gasteiger partial charge in [0.1, 0.15) is 17.1 Å². The molecule has 5 nitrogen and oxygen atoms in total. The summed E-state index contributed by atoms with van der Waals surface area (Å²) >= 11 is 1.35. The van der Waals surface area contributed by atoms with Gasteiger partial charge in [-0.05, 0) is 12.1 Å². The van der Waals surface area contributed by atoms with Gasteiger partial charge in [-0.2, -0.15) is 0 Å². The van der Waals surface area contributed by atoms with Crippen molar-refractivity contribution >= 4 is 22.4 Å². The zero-order chi connectivity index (χ0) is 13.0. The van der Waals surface area contributed by atoms with Crippen LogP contribution in [0.1, 0.15) is 10.4 Å². The monoisotopic (exact) mass is 264 g/mol. The van der Waals surface area contributed by atoms with Crippen LogP contribution < -0.4 is 14.8 Å². The van der Waals surface area contributed by atoms with E-state index in [4.69, 9.17) is 9.47 Å². The number of hydrogen-bond acceptors (Lipinski definition) is 5. The molecule has 0 aliphatic carbocycles. The molecule has 0 spiro atoms. The molecule has 0 radical (unpaired) electrons. The van der Waals surface area contributed by atoms with Crippen LogP contribution in [-0.2, 0) is 0 Å². The van der Waals surface area contributed by atoms with Crippen LogP contribution in [0.5, 0.6) is 11.5 Å². The zero-order valence-electron chi connectivity index (χ0n) is 9.97. The van der Waals surface area contributed by atoms with E-state index >= 15 is 0 Å². The number of amides is 1. The molecule has 0 atom stereocenters. The first-order chi connectivity index (χ1) is 8.76. The van der Waals surface area contributed by atoms with Crippen LogP contribution in [0.25, 0.3) is 0 Å². The van der Waals surface area contributed by atoms with Crippen LogP contribution in [0, 0.1) is 0 Å². The summed E-state index contributed by atoms with van der Waals surface area (Å²) in [6, 6.07) is 5.18. The minimum absolute atomic E-state index is 0.306. The largest absolute Gasteiger partial charge is 0.496 e. The van der Waals surface area contributed by atoms with Gasteiger partial charge in [0, 0.05) is 11.6 Å². The molecule has 0 bridgehead atoms. The molecule has 0 unspecified atom stereocenters. The minimum Gasteiger partial charge on any atom is -0.496 e. The van der Waals surface area contributed by atoms with Gasteiger partial charge in [0.05, 0.1) is 14.2 Å². The van der Waals surface area contributed by atoms with Gasteiger partial charge < -0.3 is 9.47 Å². The molecule has 1 amide bonds. The third-order valence-electron chi connectivity index (χ3n) is 2.31. The Balaban J connectivity index is 2.33. The van der Waals surface area contributed by atoms with Gasteiger partial charge in [0.15, 0.2) is 5.13 Å². The van der Waals surface area contributed by atoms with Crippen LogP contribution >= 0.6 is 11.3 Å². The number of carbonyl (C=O) groups is 1.